The van der Waals surface area contributed by atoms with Crippen LogP contribution in [0, 0.1) is 5.41 Å². The van der Waals surface area contributed by atoms with Gasteiger partial charge in [0.25, 0.3) is 0 Å². The first-order chi connectivity index (χ1) is 9.28. The summed E-state index contributed by atoms with van der Waals surface area (Å²) in [5.41, 5.74) is -0.251. The maximum absolute atomic E-state index is 12.6. The maximum atomic E-state index is 12.6. The van der Waals surface area contributed by atoms with Crippen LogP contribution in [0.25, 0.3) is 0 Å². The summed E-state index contributed by atoms with van der Waals surface area (Å²) in [6.07, 6.45) is 0. The summed E-state index contributed by atoms with van der Waals surface area (Å²) in [7, 11) is -6.25. The second kappa shape index (κ2) is 5.68. The van der Waals surface area contributed by atoms with Crippen LogP contribution in [-0.2, 0) is 20.0 Å². The molecule has 2 N–H and O–H groups in total. The number of rotatable bonds is 4. The molecule has 21 heavy (non-hydrogen) atoms. The Bertz CT molecular complexity index is 719. The van der Waals surface area contributed by atoms with Gasteiger partial charge in [0, 0.05) is 13.1 Å². The number of hydrogen-bond acceptors (Lipinski definition) is 4. The molecule has 0 aromatic heterocycles. The van der Waals surface area contributed by atoms with Gasteiger partial charge in [-0.3, -0.25) is 0 Å². The SMILES string of the molecule is CC(N(C)S(=O)(=O)c1cccc(S(N)(=O)=O)c1)C(C)(C)C. The van der Waals surface area contributed by atoms with Gasteiger partial charge in [-0.1, -0.05) is 26.8 Å². The Morgan fingerprint density at radius 2 is 1.57 bits per heavy atom. The minimum atomic E-state index is -3.94. The van der Waals surface area contributed by atoms with Crippen LogP contribution in [0.2, 0.25) is 0 Å². The highest BCUT2D eigenvalue weighted by atomic mass is 32.2. The van der Waals surface area contributed by atoms with Crippen molar-refractivity contribution >= 4 is 20.0 Å². The summed E-state index contributed by atoms with van der Waals surface area (Å²) in [4.78, 5) is -0.312. The van der Waals surface area contributed by atoms with Gasteiger partial charge in [-0.2, -0.15) is 4.31 Å². The molecule has 0 fully saturated rings. The maximum Gasteiger partial charge on any atom is 0.243 e. The third kappa shape index (κ3) is 4.03. The van der Waals surface area contributed by atoms with E-state index in [1.807, 2.05) is 20.8 Å². The third-order valence-corrected chi connectivity index (χ3v) is 6.44. The average molecular weight is 334 g/mol. The molecule has 120 valence electrons. The highest BCUT2D eigenvalue weighted by Crippen LogP contribution is 2.28. The van der Waals surface area contributed by atoms with Gasteiger partial charge < -0.3 is 0 Å². The van der Waals surface area contributed by atoms with Crippen LogP contribution in [0.3, 0.4) is 0 Å². The molecule has 0 saturated carbocycles. The van der Waals surface area contributed by atoms with Crippen molar-refractivity contribution in [3.05, 3.63) is 24.3 Å². The van der Waals surface area contributed by atoms with E-state index in [-0.39, 0.29) is 21.2 Å². The molecule has 8 heteroatoms. The van der Waals surface area contributed by atoms with E-state index in [0.29, 0.717) is 0 Å². The molecule has 0 aliphatic rings. The van der Waals surface area contributed by atoms with Crippen molar-refractivity contribution in [3.63, 3.8) is 0 Å². The van der Waals surface area contributed by atoms with E-state index in [1.54, 1.807) is 6.92 Å². The molecule has 1 unspecified atom stereocenters. The van der Waals surface area contributed by atoms with E-state index in [4.69, 9.17) is 5.14 Å². The summed E-state index contributed by atoms with van der Waals surface area (Å²) < 4.78 is 49.1. The standard InChI is InChI=1S/C13H22N2O4S2/c1-10(13(2,3)4)15(5)21(18,19)12-8-6-7-11(9-12)20(14,16)17/h6-10H,1-5H3,(H2,14,16,17). The van der Waals surface area contributed by atoms with Crippen LogP contribution in [0.5, 0.6) is 0 Å². The van der Waals surface area contributed by atoms with E-state index in [9.17, 15) is 16.8 Å². The van der Waals surface area contributed by atoms with Gasteiger partial charge in [-0.25, -0.2) is 22.0 Å². The van der Waals surface area contributed by atoms with Gasteiger partial charge in [-0.05, 0) is 30.5 Å². The number of sulfonamides is 2. The van der Waals surface area contributed by atoms with Gasteiger partial charge in [0.05, 0.1) is 9.79 Å². The van der Waals surface area contributed by atoms with E-state index in [1.165, 1.54) is 29.6 Å². The number of primary sulfonamides is 1. The summed E-state index contributed by atoms with van der Waals surface area (Å²) in [5, 5.41) is 5.04. The van der Waals surface area contributed by atoms with Crippen LogP contribution in [0.1, 0.15) is 27.7 Å². The van der Waals surface area contributed by atoms with Gasteiger partial charge >= 0.3 is 0 Å². The number of benzene rings is 1. The molecule has 1 aromatic carbocycles. The van der Waals surface area contributed by atoms with Crippen LogP contribution >= 0.6 is 0 Å². The van der Waals surface area contributed by atoms with Crippen molar-refractivity contribution in [2.75, 3.05) is 7.05 Å². The predicted octanol–water partition coefficient (Wildman–Crippen LogP) is 1.39. The van der Waals surface area contributed by atoms with E-state index in [0.717, 1.165) is 6.07 Å². The van der Waals surface area contributed by atoms with Crippen molar-refractivity contribution in [3.8, 4) is 0 Å². The highest BCUT2D eigenvalue weighted by Gasteiger charge is 2.32. The molecular formula is C13H22N2O4S2. The lowest BCUT2D eigenvalue weighted by Crippen LogP contribution is -2.42. The van der Waals surface area contributed by atoms with Crippen molar-refractivity contribution in [1.82, 2.24) is 4.31 Å². The van der Waals surface area contributed by atoms with Crippen molar-refractivity contribution in [1.29, 1.82) is 0 Å². The molecule has 0 bridgehead atoms. The van der Waals surface area contributed by atoms with Crippen LogP contribution in [-0.4, -0.2) is 34.2 Å². The lowest BCUT2D eigenvalue weighted by atomic mass is 9.88. The molecule has 0 aliphatic carbocycles. The van der Waals surface area contributed by atoms with Gasteiger partial charge in [0.2, 0.25) is 20.0 Å². The molecule has 0 heterocycles. The van der Waals surface area contributed by atoms with Crippen LogP contribution in [0.15, 0.2) is 34.1 Å². The van der Waals surface area contributed by atoms with E-state index in [2.05, 4.69) is 0 Å². The topological polar surface area (TPSA) is 97.5 Å². The number of nitrogens with two attached hydrogens (primary N) is 1. The first kappa shape index (κ1) is 18.1. The lowest BCUT2D eigenvalue weighted by Gasteiger charge is -2.34. The summed E-state index contributed by atoms with van der Waals surface area (Å²) in [6.45, 7) is 7.61. The Labute approximate surface area is 127 Å². The van der Waals surface area contributed by atoms with Crippen LogP contribution < -0.4 is 5.14 Å². The fraction of sp³-hybridized carbons (Fsp3) is 0.538. The molecular weight excluding hydrogens is 312 g/mol. The van der Waals surface area contributed by atoms with Crippen molar-refractivity contribution in [2.24, 2.45) is 10.6 Å². The minimum absolute atomic E-state index is 0.0902. The molecule has 1 atom stereocenters. The number of hydrogen-bond donors (Lipinski definition) is 1. The Morgan fingerprint density at radius 1 is 1.10 bits per heavy atom. The zero-order valence-electron chi connectivity index (χ0n) is 12.9. The third-order valence-electron chi connectivity index (χ3n) is 3.61. The largest absolute Gasteiger partial charge is 0.243 e. The van der Waals surface area contributed by atoms with Crippen LogP contribution in [0.4, 0.5) is 0 Å². The zero-order valence-corrected chi connectivity index (χ0v) is 14.5. The Balaban J connectivity index is 3.33. The summed E-state index contributed by atoms with van der Waals surface area (Å²) >= 11 is 0. The average Bonchev–Trinajstić information content (AvgIpc) is 2.35. The molecule has 6 nitrogen and oxygen atoms in total. The summed E-state index contributed by atoms with van der Waals surface area (Å²) in [6, 6.07) is 4.80. The first-order valence-corrected chi connectivity index (χ1v) is 9.37. The summed E-state index contributed by atoms with van der Waals surface area (Å²) in [5.74, 6) is 0. The normalized spacial score (nSPS) is 15.2. The molecule has 0 aliphatic heterocycles. The van der Waals surface area contributed by atoms with Gasteiger partial charge in [-0.15, -0.1) is 0 Å². The molecule has 1 aromatic rings. The molecule has 0 saturated heterocycles. The van der Waals surface area contributed by atoms with Crippen molar-refractivity contribution < 1.29 is 16.8 Å². The Kier molecular flexibility index (Phi) is 4.89. The van der Waals surface area contributed by atoms with E-state index >= 15 is 0 Å². The fourth-order valence-corrected chi connectivity index (χ4v) is 3.96. The van der Waals surface area contributed by atoms with E-state index < -0.39 is 20.0 Å². The quantitative estimate of drug-likeness (QED) is 0.899. The van der Waals surface area contributed by atoms with Gasteiger partial charge in [0.1, 0.15) is 0 Å². The molecule has 0 spiro atoms. The first-order valence-electron chi connectivity index (χ1n) is 6.39. The number of nitrogens with zero attached hydrogens (tertiary/aromatic N) is 1. The lowest BCUT2D eigenvalue weighted by molar-refractivity contribution is 0.216. The van der Waals surface area contributed by atoms with Crippen molar-refractivity contribution in [2.45, 2.75) is 43.5 Å². The second-order valence-electron chi connectivity index (χ2n) is 6.08. The van der Waals surface area contributed by atoms with Gasteiger partial charge in [0.15, 0.2) is 0 Å². The highest BCUT2D eigenvalue weighted by molar-refractivity contribution is 7.90. The molecule has 0 radical (unpaired) electrons. The monoisotopic (exact) mass is 334 g/mol. The molecule has 0 amide bonds. The molecule has 1 rings (SSSR count). The second-order valence-corrected chi connectivity index (χ2v) is 9.64. The zero-order chi connectivity index (χ0) is 16.6. The predicted molar refractivity (Wildman–Crippen MR) is 81.7 cm³/mol. The Morgan fingerprint density at radius 3 is 2.00 bits per heavy atom. The minimum Gasteiger partial charge on any atom is -0.225 e. The fourth-order valence-electron chi connectivity index (χ4n) is 1.73. The smallest absolute Gasteiger partial charge is 0.225 e. The Hall–Kier alpha value is -0.960.